The lowest BCUT2D eigenvalue weighted by Gasteiger charge is -2.39. The minimum atomic E-state index is -0.692. The second-order valence-electron chi connectivity index (χ2n) is 7.30. The Kier molecular flexibility index (Phi) is 5.29. The van der Waals surface area contributed by atoms with Crippen molar-refractivity contribution in [3.63, 3.8) is 0 Å². The minimum absolute atomic E-state index is 0.247. The first-order valence-electron chi connectivity index (χ1n) is 9.94. The second kappa shape index (κ2) is 8.03. The van der Waals surface area contributed by atoms with E-state index in [1.54, 1.807) is 19.1 Å². The maximum atomic E-state index is 12.9. The molecule has 2 aliphatic rings. The number of nitrogens with one attached hydrogen (secondary N) is 2. The van der Waals surface area contributed by atoms with Crippen molar-refractivity contribution in [1.29, 1.82) is 0 Å². The van der Waals surface area contributed by atoms with Crippen molar-refractivity contribution in [1.82, 2.24) is 10.6 Å². The van der Waals surface area contributed by atoms with Gasteiger partial charge in [0.15, 0.2) is 0 Å². The summed E-state index contributed by atoms with van der Waals surface area (Å²) in [5, 5.41) is 5.63. The molecule has 0 unspecified atom stereocenters. The van der Waals surface area contributed by atoms with Gasteiger partial charge in [-0.3, -0.25) is 0 Å². The fraction of sp³-hybridized carbons (Fsp3) is 0.364. The molecule has 3 heterocycles. The molecule has 2 aromatic rings. The summed E-state index contributed by atoms with van der Waals surface area (Å²) in [5.74, 6) is 0.0295. The predicted octanol–water partition coefficient (Wildman–Crippen LogP) is 3.29. The molecule has 0 saturated carbocycles. The lowest BCUT2D eigenvalue weighted by molar-refractivity contribution is -0.139. The third kappa shape index (κ3) is 3.72. The van der Waals surface area contributed by atoms with Gasteiger partial charge in [0.2, 0.25) is 0 Å². The van der Waals surface area contributed by atoms with Gasteiger partial charge in [-0.25, -0.2) is 9.59 Å². The first-order valence-corrected chi connectivity index (χ1v) is 9.94. The lowest BCUT2D eigenvalue weighted by Crippen LogP contribution is -2.50. The van der Waals surface area contributed by atoms with Gasteiger partial charge in [0.25, 0.3) is 0 Å². The van der Waals surface area contributed by atoms with E-state index in [9.17, 15) is 9.59 Å². The van der Waals surface area contributed by atoms with Crippen LogP contribution in [0, 0.1) is 0 Å². The summed E-state index contributed by atoms with van der Waals surface area (Å²) in [5.41, 5.74) is 3.31. The third-order valence-corrected chi connectivity index (χ3v) is 5.47. The van der Waals surface area contributed by atoms with Crippen LogP contribution < -0.4 is 15.5 Å². The zero-order valence-electron chi connectivity index (χ0n) is 16.6. The lowest BCUT2D eigenvalue weighted by atomic mass is 9.95. The van der Waals surface area contributed by atoms with E-state index in [1.807, 2.05) is 12.1 Å². The third-order valence-electron chi connectivity index (χ3n) is 5.47. The van der Waals surface area contributed by atoms with Crippen molar-refractivity contribution in [2.75, 3.05) is 18.1 Å². The van der Waals surface area contributed by atoms with Crippen molar-refractivity contribution in [2.45, 2.75) is 38.8 Å². The number of anilines is 1. The Hall–Kier alpha value is -3.22. The highest BCUT2D eigenvalue weighted by Crippen LogP contribution is 2.33. The SMILES string of the molecule is CCOC(=O)C1=C(CN2c3ccccc3CC[C@@H]2C)NC(=O)N[C@@H]1c1ccco1. The Morgan fingerprint density at radius 3 is 2.86 bits per heavy atom. The number of benzene rings is 1. The average Bonchev–Trinajstić information content (AvgIpc) is 3.24. The molecule has 0 radical (unpaired) electrons. The molecular formula is C22H25N3O4. The number of amides is 2. The summed E-state index contributed by atoms with van der Waals surface area (Å²) in [6.45, 7) is 4.57. The smallest absolute Gasteiger partial charge is 0.338 e. The van der Waals surface area contributed by atoms with E-state index < -0.39 is 12.0 Å². The Balaban J connectivity index is 1.76. The molecule has 1 aromatic heterocycles. The summed E-state index contributed by atoms with van der Waals surface area (Å²) < 4.78 is 10.8. The Bertz CT molecular complexity index is 935. The topological polar surface area (TPSA) is 83.8 Å². The number of rotatable bonds is 5. The van der Waals surface area contributed by atoms with Gasteiger partial charge in [-0.05, 0) is 50.5 Å². The molecule has 2 N–H and O–H groups in total. The molecule has 7 heteroatoms. The number of ether oxygens (including phenoxy) is 1. The van der Waals surface area contributed by atoms with Crippen LogP contribution in [0.4, 0.5) is 10.5 Å². The maximum Gasteiger partial charge on any atom is 0.338 e. The Morgan fingerprint density at radius 2 is 2.10 bits per heavy atom. The Morgan fingerprint density at radius 1 is 1.28 bits per heavy atom. The molecule has 1 aromatic carbocycles. The first-order chi connectivity index (χ1) is 14.1. The zero-order chi connectivity index (χ0) is 20.4. The van der Waals surface area contributed by atoms with Gasteiger partial charge in [0.05, 0.1) is 30.7 Å². The van der Waals surface area contributed by atoms with Crippen molar-refractivity contribution in [3.05, 3.63) is 65.3 Å². The summed E-state index contributed by atoms with van der Waals surface area (Å²) >= 11 is 0. The summed E-state index contributed by atoms with van der Waals surface area (Å²) in [7, 11) is 0. The van der Waals surface area contributed by atoms with Crippen molar-refractivity contribution < 1.29 is 18.7 Å². The molecule has 152 valence electrons. The Labute approximate surface area is 169 Å². The quantitative estimate of drug-likeness (QED) is 0.759. The molecule has 0 spiro atoms. The maximum absolute atomic E-state index is 12.9. The number of carbonyl (C=O) groups excluding carboxylic acids is 2. The van der Waals surface area contributed by atoms with E-state index in [0.717, 1.165) is 18.5 Å². The molecule has 4 rings (SSSR count). The number of hydrogen-bond acceptors (Lipinski definition) is 5. The van der Waals surface area contributed by atoms with E-state index in [1.165, 1.54) is 11.8 Å². The van der Waals surface area contributed by atoms with E-state index >= 15 is 0 Å². The summed E-state index contributed by atoms with van der Waals surface area (Å²) in [4.78, 5) is 27.5. The van der Waals surface area contributed by atoms with Crippen LogP contribution in [-0.2, 0) is 16.0 Å². The number of hydrogen-bond donors (Lipinski definition) is 2. The molecule has 0 bridgehead atoms. The van der Waals surface area contributed by atoms with Crippen LogP contribution >= 0.6 is 0 Å². The molecule has 2 aliphatic heterocycles. The number of furan rings is 1. The largest absolute Gasteiger partial charge is 0.467 e. The van der Waals surface area contributed by atoms with Gasteiger partial charge in [0, 0.05) is 11.7 Å². The van der Waals surface area contributed by atoms with Gasteiger partial charge in [-0.1, -0.05) is 18.2 Å². The number of esters is 1. The second-order valence-corrected chi connectivity index (χ2v) is 7.30. The molecule has 7 nitrogen and oxygen atoms in total. The van der Waals surface area contributed by atoms with Crippen LogP contribution in [-0.4, -0.2) is 31.2 Å². The predicted molar refractivity (Wildman–Crippen MR) is 108 cm³/mol. The van der Waals surface area contributed by atoms with Crippen molar-refractivity contribution in [2.24, 2.45) is 0 Å². The van der Waals surface area contributed by atoms with E-state index in [4.69, 9.17) is 9.15 Å². The minimum Gasteiger partial charge on any atom is -0.467 e. The first kappa shape index (κ1) is 19.1. The van der Waals surface area contributed by atoms with Crippen LogP contribution in [0.1, 0.15) is 37.6 Å². The van der Waals surface area contributed by atoms with Crippen LogP contribution in [0.15, 0.2) is 58.3 Å². The highest BCUT2D eigenvalue weighted by Gasteiger charge is 2.36. The number of para-hydroxylation sites is 1. The molecule has 0 aliphatic carbocycles. The number of urea groups is 1. The fourth-order valence-corrected chi connectivity index (χ4v) is 4.03. The number of nitrogens with zero attached hydrogens (tertiary/aromatic N) is 1. The van der Waals surface area contributed by atoms with Gasteiger partial charge < -0.3 is 24.7 Å². The molecule has 2 amide bonds. The standard InChI is InChI=1S/C22H25N3O4/c1-3-28-21(26)19-16(23-22(27)24-20(19)18-9-6-12-29-18)13-25-14(2)10-11-15-7-4-5-8-17(15)25/h4-9,12,14,20H,3,10-11,13H2,1-2H3,(H2,23,24,27)/t14-,20+/m0/s1. The van der Waals surface area contributed by atoms with Crippen LogP contribution in [0.25, 0.3) is 0 Å². The van der Waals surface area contributed by atoms with Gasteiger partial charge in [0.1, 0.15) is 11.8 Å². The van der Waals surface area contributed by atoms with Crippen LogP contribution in [0.2, 0.25) is 0 Å². The highest BCUT2D eigenvalue weighted by molar-refractivity contribution is 5.95. The van der Waals surface area contributed by atoms with Crippen molar-refractivity contribution >= 4 is 17.7 Å². The molecule has 29 heavy (non-hydrogen) atoms. The number of aryl methyl sites for hydroxylation is 1. The zero-order valence-corrected chi connectivity index (χ0v) is 16.6. The van der Waals surface area contributed by atoms with Gasteiger partial charge in [-0.15, -0.1) is 0 Å². The summed E-state index contributed by atoms with van der Waals surface area (Å²) in [6.07, 6.45) is 3.54. The molecule has 0 fully saturated rings. The molecule has 0 saturated heterocycles. The van der Waals surface area contributed by atoms with Crippen LogP contribution in [0.5, 0.6) is 0 Å². The highest BCUT2D eigenvalue weighted by atomic mass is 16.5. The normalized spacial score (nSPS) is 21.3. The van der Waals surface area contributed by atoms with Crippen LogP contribution in [0.3, 0.4) is 0 Å². The van der Waals surface area contributed by atoms with Crippen molar-refractivity contribution in [3.8, 4) is 0 Å². The van der Waals surface area contributed by atoms with Gasteiger partial charge >= 0.3 is 12.0 Å². The van der Waals surface area contributed by atoms with E-state index in [2.05, 4.69) is 34.6 Å². The average molecular weight is 395 g/mol. The monoisotopic (exact) mass is 395 g/mol. The van der Waals surface area contributed by atoms with Gasteiger partial charge in [-0.2, -0.15) is 0 Å². The molecular weight excluding hydrogens is 370 g/mol. The number of carbonyl (C=O) groups is 2. The fourth-order valence-electron chi connectivity index (χ4n) is 4.03. The number of fused-ring (bicyclic) bond motifs is 1. The van der Waals surface area contributed by atoms with E-state index in [-0.39, 0.29) is 18.7 Å². The summed E-state index contributed by atoms with van der Waals surface area (Å²) in [6, 6.07) is 10.9. The van der Waals surface area contributed by atoms with E-state index in [0.29, 0.717) is 23.6 Å². The molecule has 2 atom stereocenters.